The minimum atomic E-state index is -1.77. The lowest BCUT2D eigenvalue weighted by molar-refractivity contribution is -0.163. The largest absolute Gasteiger partial charge is 0.497 e. The number of aliphatic hydroxyl groups excluding tert-OH is 1. The average Bonchev–Trinajstić information content (AvgIpc) is 3.96. The Labute approximate surface area is 482 Å². The number of amides is 7. The van der Waals surface area contributed by atoms with E-state index in [1.807, 2.05) is 33.8 Å². The molecule has 0 spiro atoms. The van der Waals surface area contributed by atoms with Gasteiger partial charge >= 0.3 is 18.0 Å². The maximum absolute atomic E-state index is 15.0. The number of rotatable bonds is 17. The number of fused-ring (bicyclic) bond motifs is 1. The van der Waals surface area contributed by atoms with Crippen LogP contribution in [0.2, 0.25) is 0 Å². The van der Waals surface area contributed by atoms with Crippen LogP contribution in [-0.4, -0.2) is 167 Å². The number of esters is 2. The second kappa shape index (κ2) is 31.4. The van der Waals surface area contributed by atoms with Gasteiger partial charge in [-0.25, -0.2) is 9.59 Å². The van der Waals surface area contributed by atoms with Crippen LogP contribution in [0.1, 0.15) is 126 Å². The number of hydrogen-bond donors (Lipinski definition) is 5. The molecule has 2 aliphatic rings. The van der Waals surface area contributed by atoms with Crippen LogP contribution in [0.4, 0.5) is 4.79 Å². The predicted molar refractivity (Wildman–Crippen MR) is 303 cm³/mol. The first kappa shape index (κ1) is 67.4. The summed E-state index contributed by atoms with van der Waals surface area (Å²) >= 11 is 0. The number of methoxy groups -OCH3 is 1. The first-order valence-electron chi connectivity index (χ1n) is 28.6. The Hall–Kier alpha value is -7.10. The molecule has 0 bridgehead atoms. The second-order valence-corrected chi connectivity index (χ2v) is 23.0. The van der Waals surface area contributed by atoms with E-state index < -0.39 is 144 Å². The number of nitrogens with one attached hydrogen (secondary N) is 4. The lowest BCUT2D eigenvalue weighted by Gasteiger charge is -2.36. The van der Waals surface area contributed by atoms with Crippen LogP contribution in [0.5, 0.6) is 5.75 Å². The predicted octanol–water partition coefficient (Wildman–Crippen LogP) is 4.26. The number of Topliss-reactive ketones (excluding diaryl/α,β-unsaturated/α-hetero) is 1. The molecule has 2 aromatic carbocycles. The Morgan fingerprint density at radius 2 is 1.49 bits per heavy atom. The molecule has 2 heterocycles. The van der Waals surface area contributed by atoms with E-state index in [2.05, 4.69) is 21.3 Å². The molecule has 7 amide bonds. The molecule has 2 fully saturated rings. The number of carbonyl (C=O) groups excluding carboxylic acids is 10. The van der Waals surface area contributed by atoms with Gasteiger partial charge in [-0.15, -0.1) is 0 Å². The van der Waals surface area contributed by atoms with Gasteiger partial charge in [-0.05, 0) is 93.4 Å². The number of hydrogen-bond acceptors (Lipinski definition) is 15. The quantitative estimate of drug-likeness (QED) is 0.0841. The van der Waals surface area contributed by atoms with E-state index in [0.717, 1.165) is 4.90 Å². The van der Waals surface area contributed by atoms with Crippen LogP contribution in [0, 0.1) is 29.6 Å². The van der Waals surface area contributed by atoms with Gasteiger partial charge in [0.05, 0.1) is 31.6 Å². The van der Waals surface area contributed by atoms with Gasteiger partial charge in [0.2, 0.25) is 35.4 Å². The summed E-state index contributed by atoms with van der Waals surface area (Å²) in [5, 5.41) is 22.6. The van der Waals surface area contributed by atoms with Crippen molar-refractivity contribution in [2.45, 2.75) is 188 Å². The lowest BCUT2D eigenvalue weighted by Crippen LogP contribution is -2.62. The summed E-state index contributed by atoms with van der Waals surface area (Å²) in [5.41, 5.74) is 1.28. The average molecular weight is 1150 g/mol. The van der Waals surface area contributed by atoms with Crippen LogP contribution in [-0.2, 0) is 70.4 Å². The van der Waals surface area contributed by atoms with Crippen LogP contribution < -0.4 is 26.0 Å². The molecule has 4 rings (SSSR count). The third kappa shape index (κ3) is 18.7. The van der Waals surface area contributed by atoms with Gasteiger partial charge in [0.15, 0.2) is 11.9 Å². The molecule has 2 aliphatic heterocycles. The number of ether oxygens (including phenoxy) is 4. The zero-order valence-electron chi connectivity index (χ0n) is 50.2. The van der Waals surface area contributed by atoms with Crippen molar-refractivity contribution in [2.24, 2.45) is 29.6 Å². The van der Waals surface area contributed by atoms with Gasteiger partial charge in [0, 0.05) is 27.1 Å². The Balaban J connectivity index is 1.84. The third-order valence-electron chi connectivity index (χ3n) is 15.2. The smallest absolute Gasteiger partial charge is 0.408 e. The van der Waals surface area contributed by atoms with E-state index in [1.165, 1.54) is 51.8 Å². The van der Waals surface area contributed by atoms with Gasteiger partial charge in [-0.3, -0.25) is 38.4 Å². The minimum absolute atomic E-state index is 0.0523. The Morgan fingerprint density at radius 3 is 2.07 bits per heavy atom. The molecule has 5 N–H and O–H groups in total. The maximum atomic E-state index is 15.0. The Morgan fingerprint density at radius 1 is 0.841 bits per heavy atom. The third-order valence-corrected chi connectivity index (χ3v) is 15.2. The second-order valence-electron chi connectivity index (χ2n) is 23.0. The van der Waals surface area contributed by atoms with Crippen molar-refractivity contribution in [1.82, 2.24) is 36.0 Å². The molecular formula is C60H89N7O15. The van der Waals surface area contributed by atoms with E-state index in [0.29, 0.717) is 29.7 Å². The van der Waals surface area contributed by atoms with Crippen molar-refractivity contribution in [3.8, 4) is 5.75 Å². The molecule has 454 valence electrons. The first-order chi connectivity index (χ1) is 38.6. The molecule has 0 radical (unpaired) electrons. The SMILES string of the molecule is CC[C@H](C)[C@H]1NC(=O)[C@@H](NC(=O)[C@@H](CC(C)C)N(C)C(=O)[C@H](C)NC(=O)OCc2ccccc2)[C@H](C)OC(=O)[C@H](Cc2ccc(OC)cc2)N(C)C(=O)[C@@H]2CCCN2C(=O)[C@@H](CC(C)C)NC(=O)[C@@H](C)C(=O)[C@@H](C(C)C)OC(=O)C[C@H]1O. The Bertz CT molecular complexity index is 2530. The van der Waals surface area contributed by atoms with Crippen LogP contribution >= 0.6 is 0 Å². The summed E-state index contributed by atoms with van der Waals surface area (Å²) in [7, 11) is 4.25. The summed E-state index contributed by atoms with van der Waals surface area (Å²) in [5.74, 6) is -9.80. The van der Waals surface area contributed by atoms with Gasteiger partial charge in [-0.1, -0.05) is 104 Å². The molecule has 22 heteroatoms. The molecule has 2 saturated heterocycles. The van der Waals surface area contributed by atoms with Crippen molar-refractivity contribution < 1.29 is 72.0 Å². The summed E-state index contributed by atoms with van der Waals surface area (Å²) in [6.07, 6.45) is -5.30. The highest BCUT2D eigenvalue weighted by atomic mass is 16.6. The van der Waals surface area contributed by atoms with Crippen molar-refractivity contribution in [2.75, 3.05) is 27.7 Å². The molecule has 82 heavy (non-hydrogen) atoms. The zero-order valence-corrected chi connectivity index (χ0v) is 50.2. The fourth-order valence-electron chi connectivity index (χ4n) is 10.1. The monoisotopic (exact) mass is 1150 g/mol. The Kier molecular flexibility index (Phi) is 25.8. The highest BCUT2D eigenvalue weighted by Crippen LogP contribution is 2.26. The summed E-state index contributed by atoms with van der Waals surface area (Å²) in [6, 6.07) is 6.45. The van der Waals surface area contributed by atoms with E-state index in [1.54, 1.807) is 76.2 Å². The topological polar surface area (TPSA) is 286 Å². The standard InChI is InChI=1S/C60H89N7O15/c1-15-36(8)49-47(68)31-48(69)82-52(35(6)7)51(70)37(9)53(71)62-43(28-33(2)3)57(75)67-27-19-22-44(67)58(76)66(13)46(30-40-23-25-42(79-14)26-24-40)59(77)81-39(11)50(55(73)63-49)64-54(72)45(29-34(4)5)65(12)56(74)38(10)61-60(78)80-32-41-20-17-16-18-21-41/h16-18,20-21,23-26,33-39,43-47,49-50,52,68H,15,19,22,27-32H2,1-14H3,(H,61,78)(H,62,71)(H,63,73)(H,64,72)/t36-,37-,38-,39-,43+,44-,45+,46-,47+,49+,50-,52+/m0/s1. The molecule has 12 atom stereocenters. The van der Waals surface area contributed by atoms with Crippen LogP contribution in [0.25, 0.3) is 0 Å². The maximum Gasteiger partial charge on any atom is 0.408 e. The van der Waals surface area contributed by atoms with Gasteiger partial charge in [0.1, 0.15) is 54.7 Å². The first-order valence-corrected chi connectivity index (χ1v) is 28.6. The van der Waals surface area contributed by atoms with E-state index in [-0.39, 0.29) is 50.7 Å². The number of cyclic esters (lactones) is 2. The molecular weight excluding hydrogens is 1060 g/mol. The summed E-state index contributed by atoms with van der Waals surface area (Å²) in [6.45, 7) is 18.2. The number of likely N-dealkylation sites (N-methyl/N-ethyl adjacent to an activating group) is 2. The van der Waals surface area contributed by atoms with Crippen molar-refractivity contribution in [1.29, 1.82) is 0 Å². The van der Waals surface area contributed by atoms with Crippen molar-refractivity contribution in [3.63, 3.8) is 0 Å². The summed E-state index contributed by atoms with van der Waals surface area (Å²) in [4.78, 5) is 147. The highest BCUT2D eigenvalue weighted by Gasteiger charge is 2.45. The lowest BCUT2D eigenvalue weighted by atomic mass is 9.91. The van der Waals surface area contributed by atoms with E-state index in [9.17, 15) is 48.3 Å². The molecule has 2 aromatic rings. The fourth-order valence-corrected chi connectivity index (χ4v) is 10.1. The molecule has 22 nitrogen and oxygen atoms in total. The van der Waals surface area contributed by atoms with Crippen LogP contribution in [0.15, 0.2) is 54.6 Å². The van der Waals surface area contributed by atoms with Crippen molar-refractivity contribution in [3.05, 3.63) is 65.7 Å². The molecule has 0 saturated carbocycles. The fraction of sp³-hybridized carbons (Fsp3) is 0.633. The number of ketones is 1. The summed E-state index contributed by atoms with van der Waals surface area (Å²) < 4.78 is 22.6. The molecule has 0 aromatic heterocycles. The zero-order chi connectivity index (χ0) is 61.3. The highest BCUT2D eigenvalue weighted by molar-refractivity contribution is 6.05. The van der Waals surface area contributed by atoms with Gasteiger partial charge in [-0.2, -0.15) is 0 Å². The number of aliphatic hydroxyl groups is 1. The van der Waals surface area contributed by atoms with E-state index in [4.69, 9.17) is 18.9 Å². The van der Waals surface area contributed by atoms with Gasteiger partial charge < -0.3 is 60.0 Å². The minimum Gasteiger partial charge on any atom is -0.497 e. The van der Waals surface area contributed by atoms with Crippen molar-refractivity contribution >= 4 is 59.3 Å². The number of carbonyl (C=O) groups is 10. The molecule has 0 aliphatic carbocycles. The number of benzene rings is 2. The normalized spacial score (nSPS) is 25.0. The number of alkyl carbamates (subject to hydrolysis) is 1. The van der Waals surface area contributed by atoms with Gasteiger partial charge in [0.25, 0.3) is 0 Å². The number of nitrogens with zero attached hydrogens (tertiary/aromatic N) is 3. The molecule has 0 unspecified atom stereocenters. The van der Waals surface area contributed by atoms with E-state index >= 15 is 4.79 Å². The van der Waals surface area contributed by atoms with Crippen LogP contribution in [0.3, 0.4) is 0 Å².